The van der Waals surface area contributed by atoms with Crippen LogP contribution >= 0.6 is 0 Å². The fourth-order valence-corrected chi connectivity index (χ4v) is 5.15. The molecule has 0 bridgehead atoms. The predicted molar refractivity (Wildman–Crippen MR) is 141 cm³/mol. The van der Waals surface area contributed by atoms with Crippen molar-refractivity contribution in [2.45, 2.75) is 63.8 Å². The molecular weight excluding hydrogens is 545 g/mol. The molecule has 220 valence electrons. The van der Waals surface area contributed by atoms with Crippen molar-refractivity contribution in [2.24, 2.45) is 5.16 Å². The van der Waals surface area contributed by atoms with Gasteiger partial charge in [0.2, 0.25) is 0 Å². The summed E-state index contributed by atoms with van der Waals surface area (Å²) in [6.45, 7) is 4.30. The molecule has 41 heavy (non-hydrogen) atoms. The van der Waals surface area contributed by atoms with Crippen molar-refractivity contribution in [3.05, 3.63) is 59.9 Å². The van der Waals surface area contributed by atoms with Crippen LogP contribution in [0.5, 0.6) is 5.75 Å². The van der Waals surface area contributed by atoms with Crippen molar-refractivity contribution in [3.8, 4) is 22.8 Å². The van der Waals surface area contributed by atoms with Gasteiger partial charge in [-0.05, 0) is 62.6 Å². The lowest BCUT2D eigenvalue weighted by Crippen LogP contribution is -2.59. The molecular formula is C28H31F3N4O6. The SMILES string of the molecule is CCO[C@@H]1[C@@H](OC)[C@H](C)O[C@@H](ON=C2CCc3cc(-c4ncn(-c5ccc(OC(F)(F)F)cc5)n4)ccc32)[C@@H]1OC. The first kappa shape index (κ1) is 29.0. The summed E-state index contributed by atoms with van der Waals surface area (Å²) in [5.74, 6) is 0.171. The van der Waals surface area contributed by atoms with E-state index in [-0.39, 0.29) is 24.1 Å². The highest BCUT2D eigenvalue weighted by Crippen LogP contribution is 2.31. The average Bonchev–Trinajstić information content (AvgIpc) is 3.59. The normalized spacial score (nSPS) is 25.3. The molecule has 0 amide bonds. The van der Waals surface area contributed by atoms with Crippen molar-refractivity contribution in [1.29, 1.82) is 0 Å². The monoisotopic (exact) mass is 576 g/mol. The number of benzene rings is 2. The zero-order valence-corrected chi connectivity index (χ0v) is 23.0. The van der Waals surface area contributed by atoms with Gasteiger partial charge in [0.1, 0.15) is 24.3 Å². The lowest BCUT2D eigenvalue weighted by Gasteiger charge is -2.42. The number of ether oxygens (including phenoxy) is 5. The van der Waals surface area contributed by atoms with Gasteiger partial charge in [-0.3, -0.25) is 0 Å². The van der Waals surface area contributed by atoms with Crippen molar-refractivity contribution in [1.82, 2.24) is 14.8 Å². The largest absolute Gasteiger partial charge is 0.573 e. The Balaban J connectivity index is 1.29. The Labute approximate surface area is 234 Å². The minimum atomic E-state index is -4.75. The van der Waals surface area contributed by atoms with Crippen LogP contribution in [0.2, 0.25) is 0 Å². The van der Waals surface area contributed by atoms with Gasteiger partial charge in [-0.15, -0.1) is 18.3 Å². The topological polar surface area (TPSA) is 98.5 Å². The van der Waals surface area contributed by atoms with Crippen LogP contribution in [0.1, 0.15) is 31.4 Å². The first-order chi connectivity index (χ1) is 19.7. The molecule has 5 rings (SSSR count). The zero-order chi connectivity index (χ0) is 29.1. The number of hydrogen-bond acceptors (Lipinski definition) is 9. The summed E-state index contributed by atoms with van der Waals surface area (Å²) in [7, 11) is 3.19. The number of hydrogen-bond donors (Lipinski definition) is 0. The Morgan fingerprint density at radius 1 is 1.02 bits per heavy atom. The molecule has 5 atom stereocenters. The van der Waals surface area contributed by atoms with E-state index >= 15 is 0 Å². The highest BCUT2D eigenvalue weighted by Gasteiger charge is 2.47. The van der Waals surface area contributed by atoms with E-state index in [1.807, 2.05) is 32.0 Å². The molecule has 1 aliphatic carbocycles. The molecule has 2 aromatic carbocycles. The fourth-order valence-electron chi connectivity index (χ4n) is 5.15. The maximum absolute atomic E-state index is 12.4. The maximum Gasteiger partial charge on any atom is 0.573 e. The number of aryl methyl sites for hydroxylation is 1. The number of rotatable bonds is 9. The third-order valence-electron chi connectivity index (χ3n) is 7.03. The molecule has 1 saturated heterocycles. The number of aromatic nitrogens is 3. The molecule has 1 aromatic heterocycles. The standard InChI is InChI=1S/C28H31F3N4O6/c1-5-38-24-23(36-3)16(2)39-27(25(24)37-4)41-34-22-13-7-17-14-18(6-12-21(17)22)26-32-15-35(33-26)19-8-10-20(11-9-19)40-28(29,30)31/h6,8-12,14-16,23-25,27H,5,7,13H2,1-4H3/t16-,23-,24+,25+,27-/m0/s1. The Kier molecular flexibility index (Phi) is 8.59. The number of nitrogens with zero attached hydrogens (tertiary/aromatic N) is 4. The van der Waals surface area contributed by atoms with Crippen LogP contribution in [0.15, 0.2) is 53.9 Å². The van der Waals surface area contributed by atoms with Gasteiger partial charge in [0.25, 0.3) is 6.29 Å². The van der Waals surface area contributed by atoms with Crippen LogP contribution in [-0.2, 0) is 30.2 Å². The summed E-state index contributed by atoms with van der Waals surface area (Å²) < 4.78 is 65.9. The molecule has 0 saturated carbocycles. The average molecular weight is 577 g/mol. The van der Waals surface area contributed by atoms with Crippen molar-refractivity contribution in [2.75, 3.05) is 20.8 Å². The highest BCUT2D eigenvalue weighted by molar-refractivity contribution is 6.04. The second-order valence-electron chi connectivity index (χ2n) is 9.60. The Morgan fingerprint density at radius 3 is 2.46 bits per heavy atom. The number of methoxy groups -OCH3 is 2. The molecule has 13 heteroatoms. The first-order valence-electron chi connectivity index (χ1n) is 13.2. The summed E-state index contributed by atoms with van der Waals surface area (Å²) in [6.07, 6.45) is -4.07. The lowest BCUT2D eigenvalue weighted by molar-refractivity contribution is -0.308. The molecule has 0 radical (unpaired) electrons. The van der Waals surface area contributed by atoms with Gasteiger partial charge < -0.3 is 28.5 Å². The van der Waals surface area contributed by atoms with Crippen LogP contribution in [0.3, 0.4) is 0 Å². The summed E-state index contributed by atoms with van der Waals surface area (Å²) >= 11 is 0. The molecule has 10 nitrogen and oxygen atoms in total. The Morgan fingerprint density at radius 2 is 1.78 bits per heavy atom. The van der Waals surface area contributed by atoms with Gasteiger partial charge in [-0.25, -0.2) is 9.67 Å². The molecule has 3 aromatic rings. The third-order valence-corrected chi connectivity index (χ3v) is 7.03. The molecule has 2 heterocycles. The van der Waals surface area contributed by atoms with Gasteiger partial charge in [-0.1, -0.05) is 17.3 Å². The molecule has 2 aliphatic rings. The molecule has 1 fully saturated rings. The van der Waals surface area contributed by atoms with E-state index < -0.39 is 18.8 Å². The molecule has 0 unspecified atom stereocenters. The van der Waals surface area contributed by atoms with Crippen molar-refractivity contribution >= 4 is 5.71 Å². The van der Waals surface area contributed by atoms with Gasteiger partial charge in [0.15, 0.2) is 11.9 Å². The molecule has 0 spiro atoms. The van der Waals surface area contributed by atoms with Crippen molar-refractivity contribution in [3.63, 3.8) is 0 Å². The van der Waals surface area contributed by atoms with Gasteiger partial charge in [0.05, 0.1) is 17.5 Å². The summed E-state index contributed by atoms with van der Waals surface area (Å²) in [6, 6.07) is 11.2. The lowest BCUT2D eigenvalue weighted by atomic mass is 9.99. The van der Waals surface area contributed by atoms with Crippen LogP contribution in [0.4, 0.5) is 13.2 Å². The highest BCUT2D eigenvalue weighted by atomic mass is 19.4. The Hall–Kier alpha value is -3.52. The summed E-state index contributed by atoms with van der Waals surface area (Å²) in [5.41, 5.74) is 4.17. The van der Waals surface area contributed by atoms with E-state index in [0.717, 1.165) is 28.8 Å². The van der Waals surface area contributed by atoms with E-state index in [9.17, 15) is 13.2 Å². The van der Waals surface area contributed by atoms with E-state index in [1.54, 1.807) is 14.2 Å². The van der Waals surface area contributed by atoms with Crippen molar-refractivity contribution < 1.29 is 41.7 Å². The molecule has 1 aliphatic heterocycles. The first-order valence-corrected chi connectivity index (χ1v) is 13.2. The minimum Gasteiger partial charge on any atom is -0.406 e. The van der Waals surface area contributed by atoms with Gasteiger partial charge >= 0.3 is 6.36 Å². The van der Waals surface area contributed by atoms with E-state index in [4.69, 9.17) is 23.8 Å². The van der Waals surface area contributed by atoms with Gasteiger partial charge in [-0.2, -0.15) is 0 Å². The number of oxime groups is 1. The third kappa shape index (κ3) is 6.38. The second-order valence-corrected chi connectivity index (χ2v) is 9.60. The quantitative estimate of drug-likeness (QED) is 0.339. The van der Waals surface area contributed by atoms with E-state index in [1.165, 1.54) is 35.3 Å². The minimum absolute atomic E-state index is 0.287. The van der Waals surface area contributed by atoms with E-state index in [2.05, 4.69) is 20.0 Å². The zero-order valence-electron chi connectivity index (χ0n) is 23.0. The predicted octanol–water partition coefficient (Wildman–Crippen LogP) is 4.68. The number of fused-ring (bicyclic) bond motifs is 1. The number of halogens is 3. The molecule has 0 N–H and O–H groups in total. The van der Waals surface area contributed by atoms with Gasteiger partial charge in [0, 0.05) is 32.0 Å². The maximum atomic E-state index is 12.4. The van der Waals surface area contributed by atoms with E-state index in [0.29, 0.717) is 24.5 Å². The summed E-state index contributed by atoms with van der Waals surface area (Å²) in [4.78, 5) is 10.3. The van der Waals surface area contributed by atoms with Crippen LogP contribution in [0, 0.1) is 0 Å². The van der Waals surface area contributed by atoms with Crippen LogP contribution < -0.4 is 4.74 Å². The summed E-state index contributed by atoms with van der Waals surface area (Å²) in [5, 5.41) is 8.93. The number of alkyl halides is 3. The Bertz CT molecular complexity index is 1360. The van der Waals surface area contributed by atoms with Crippen LogP contribution in [-0.4, -0.2) is 78.4 Å². The second kappa shape index (κ2) is 12.1. The smallest absolute Gasteiger partial charge is 0.406 e. The van der Waals surface area contributed by atoms with Crippen LogP contribution in [0.25, 0.3) is 17.1 Å². The fraction of sp³-hybridized carbons (Fsp3) is 0.464.